The van der Waals surface area contributed by atoms with Crippen LogP contribution in [-0.4, -0.2) is 29.1 Å². The number of benzene rings is 1. The Bertz CT molecular complexity index is 511. The Kier molecular flexibility index (Phi) is 5.20. The van der Waals surface area contributed by atoms with E-state index in [0.717, 1.165) is 36.3 Å². The summed E-state index contributed by atoms with van der Waals surface area (Å²) in [6.45, 7) is 9.06. The van der Waals surface area contributed by atoms with Gasteiger partial charge in [0, 0.05) is 12.1 Å². The first-order valence-electron chi connectivity index (χ1n) is 7.50. The highest BCUT2D eigenvalue weighted by atomic mass is 17.2. The van der Waals surface area contributed by atoms with Gasteiger partial charge in [-0.1, -0.05) is 20.8 Å². The zero-order valence-electron chi connectivity index (χ0n) is 12.9. The van der Waals surface area contributed by atoms with Crippen molar-refractivity contribution in [2.75, 3.05) is 13.1 Å². The number of carboxylic acid groups (broad SMARTS) is 1. The summed E-state index contributed by atoms with van der Waals surface area (Å²) in [5, 5.41) is 9.47. The van der Waals surface area contributed by atoms with Crippen molar-refractivity contribution in [2.24, 2.45) is 0 Å². The van der Waals surface area contributed by atoms with Crippen molar-refractivity contribution < 1.29 is 19.7 Å². The number of aliphatic carboxylic acids is 1. The molecule has 0 aromatic heterocycles. The summed E-state index contributed by atoms with van der Waals surface area (Å²) in [6, 6.07) is 3.87. The minimum absolute atomic E-state index is 0.379. The van der Waals surface area contributed by atoms with Gasteiger partial charge in [-0.3, -0.25) is 9.69 Å². The van der Waals surface area contributed by atoms with Gasteiger partial charge < -0.3 is 9.99 Å². The van der Waals surface area contributed by atoms with Gasteiger partial charge >= 0.3 is 5.97 Å². The van der Waals surface area contributed by atoms with Crippen LogP contribution in [0.15, 0.2) is 12.1 Å². The van der Waals surface area contributed by atoms with Gasteiger partial charge in [-0.15, -0.1) is 0 Å². The summed E-state index contributed by atoms with van der Waals surface area (Å²) < 4.78 is 0. The predicted octanol–water partition coefficient (Wildman–Crippen LogP) is 2.93. The number of fused-ring (bicyclic) bond motifs is 1. The van der Waals surface area contributed by atoms with Gasteiger partial charge in [0.15, 0.2) is 5.75 Å². The molecule has 1 aliphatic heterocycles. The van der Waals surface area contributed by atoms with Crippen molar-refractivity contribution in [1.82, 2.24) is 4.90 Å². The summed E-state index contributed by atoms with van der Waals surface area (Å²) in [7, 11) is 0. The molecule has 0 radical (unpaired) electrons. The summed E-state index contributed by atoms with van der Waals surface area (Å²) in [5.74, 6) is -0.555. The van der Waals surface area contributed by atoms with E-state index in [1.54, 1.807) is 0 Å². The lowest BCUT2D eigenvalue weighted by Crippen LogP contribution is -2.24. The van der Waals surface area contributed by atoms with Crippen molar-refractivity contribution in [3.8, 4) is 5.75 Å². The smallest absolute Gasteiger partial charge is 0.310 e. The van der Waals surface area contributed by atoms with Crippen molar-refractivity contribution in [1.29, 1.82) is 0 Å². The number of hydrogen-bond donors (Lipinski definition) is 1. The van der Waals surface area contributed by atoms with Crippen LogP contribution < -0.4 is 4.89 Å². The maximum Gasteiger partial charge on any atom is 0.310 e. The third-order valence-corrected chi connectivity index (χ3v) is 4.06. The molecular formula is C16H23NO4. The summed E-state index contributed by atoms with van der Waals surface area (Å²) in [5.41, 5.74) is 2.81. The number of nitrogens with zero attached hydrogens (tertiary/aromatic N) is 1. The summed E-state index contributed by atoms with van der Waals surface area (Å²) in [4.78, 5) is 23.9. The average Bonchev–Trinajstić information content (AvgIpc) is 2.92. The molecule has 0 fully saturated rings. The van der Waals surface area contributed by atoms with Crippen LogP contribution in [0.4, 0.5) is 0 Å². The topological polar surface area (TPSA) is 59.0 Å². The van der Waals surface area contributed by atoms with E-state index in [2.05, 4.69) is 18.7 Å². The van der Waals surface area contributed by atoms with Gasteiger partial charge in [0.25, 0.3) is 0 Å². The molecule has 116 valence electrons. The van der Waals surface area contributed by atoms with E-state index in [1.807, 2.05) is 19.1 Å². The lowest BCUT2D eigenvalue weighted by atomic mass is 9.90. The van der Waals surface area contributed by atoms with E-state index < -0.39 is 11.9 Å². The first kappa shape index (κ1) is 15.8. The molecule has 1 aliphatic rings. The van der Waals surface area contributed by atoms with Crippen LogP contribution in [-0.2, 0) is 22.8 Å². The summed E-state index contributed by atoms with van der Waals surface area (Å²) >= 11 is 0. The van der Waals surface area contributed by atoms with E-state index in [9.17, 15) is 9.90 Å². The first-order valence-corrected chi connectivity index (χ1v) is 7.50. The molecule has 0 bridgehead atoms. The van der Waals surface area contributed by atoms with Crippen molar-refractivity contribution in [2.45, 2.75) is 46.3 Å². The highest BCUT2D eigenvalue weighted by molar-refractivity contribution is 5.77. The van der Waals surface area contributed by atoms with E-state index in [-0.39, 0.29) is 0 Å². The van der Waals surface area contributed by atoms with Gasteiger partial charge in [0.1, 0.15) is 6.61 Å². The number of rotatable bonds is 7. The third-order valence-electron chi connectivity index (χ3n) is 4.06. The van der Waals surface area contributed by atoms with Crippen LogP contribution in [0.2, 0.25) is 0 Å². The standard InChI is InChI=1S/C16H23NO4/c1-4-13(16(18)19)14-7-12-10-20-21-15(12)8-11(14)9-17(5-2)6-3/h7-8,13H,4-6,9-10H2,1-3H3,(H,18,19). The zero-order valence-corrected chi connectivity index (χ0v) is 12.9. The molecule has 0 amide bonds. The van der Waals surface area contributed by atoms with Gasteiger partial charge in [-0.2, -0.15) is 4.89 Å². The molecule has 1 N–H and O–H groups in total. The van der Waals surface area contributed by atoms with Crippen molar-refractivity contribution in [3.63, 3.8) is 0 Å². The molecule has 0 saturated heterocycles. The quantitative estimate of drug-likeness (QED) is 0.783. The van der Waals surface area contributed by atoms with Gasteiger partial charge in [0.2, 0.25) is 0 Å². The van der Waals surface area contributed by atoms with Crippen LogP contribution in [0.1, 0.15) is 49.8 Å². The number of carboxylic acids is 1. The minimum atomic E-state index is -0.780. The molecular weight excluding hydrogens is 270 g/mol. The van der Waals surface area contributed by atoms with Crippen molar-refractivity contribution >= 4 is 5.97 Å². The average molecular weight is 293 g/mol. The fraction of sp³-hybridized carbons (Fsp3) is 0.562. The molecule has 5 heteroatoms. The monoisotopic (exact) mass is 293 g/mol. The fourth-order valence-corrected chi connectivity index (χ4v) is 2.71. The Labute approximate surface area is 125 Å². The van der Waals surface area contributed by atoms with E-state index in [4.69, 9.17) is 9.78 Å². The Hall–Kier alpha value is -1.59. The van der Waals surface area contributed by atoms with Gasteiger partial charge in [0.05, 0.1) is 5.92 Å². The molecule has 5 nitrogen and oxygen atoms in total. The minimum Gasteiger partial charge on any atom is -0.481 e. The summed E-state index contributed by atoms with van der Waals surface area (Å²) in [6.07, 6.45) is 0.571. The molecule has 1 aromatic carbocycles. The maximum absolute atomic E-state index is 11.5. The molecule has 1 atom stereocenters. The van der Waals surface area contributed by atoms with Crippen molar-refractivity contribution in [3.05, 3.63) is 28.8 Å². The highest BCUT2D eigenvalue weighted by Crippen LogP contribution is 2.34. The van der Waals surface area contributed by atoms with E-state index in [1.165, 1.54) is 0 Å². The zero-order chi connectivity index (χ0) is 15.4. The van der Waals surface area contributed by atoms with E-state index >= 15 is 0 Å². The second-order valence-corrected chi connectivity index (χ2v) is 5.26. The first-order chi connectivity index (χ1) is 10.1. The Morgan fingerprint density at radius 2 is 2.05 bits per heavy atom. The van der Waals surface area contributed by atoms with Crippen LogP contribution in [0, 0.1) is 0 Å². The van der Waals surface area contributed by atoms with E-state index in [0.29, 0.717) is 18.8 Å². The predicted molar refractivity (Wildman–Crippen MR) is 79.2 cm³/mol. The fourth-order valence-electron chi connectivity index (χ4n) is 2.71. The molecule has 1 heterocycles. The molecule has 0 saturated carbocycles. The third kappa shape index (κ3) is 3.36. The van der Waals surface area contributed by atoms with Crippen LogP contribution >= 0.6 is 0 Å². The molecule has 0 spiro atoms. The second-order valence-electron chi connectivity index (χ2n) is 5.26. The molecule has 1 unspecified atom stereocenters. The van der Waals surface area contributed by atoms with Crippen LogP contribution in [0.3, 0.4) is 0 Å². The molecule has 21 heavy (non-hydrogen) atoms. The van der Waals surface area contributed by atoms with Crippen LogP contribution in [0.25, 0.3) is 0 Å². The number of carbonyl (C=O) groups is 1. The molecule has 2 rings (SSSR count). The SMILES string of the molecule is CCC(C(=O)O)c1cc2c(cc1CN(CC)CC)OOC2. The Morgan fingerprint density at radius 3 is 2.62 bits per heavy atom. The normalized spacial score (nSPS) is 14.9. The lowest BCUT2D eigenvalue weighted by molar-refractivity contribution is -0.194. The number of hydrogen-bond acceptors (Lipinski definition) is 4. The molecule has 0 aliphatic carbocycles. The highest BCUT2D eigenvalue weighted by Gasteiger charge is 2.25. The lowest BCUT2D eigenvalue weighted by Gasteiger charge is -2.22. The Balaban J connectivity index is 2.42. The maximum atomic E-state index is 11.5. The second kappa shape index (κ2) is 6.91. The van der Waals surface area contributed by atoms with Gasteiger partial charge in [-0.05, 0) is 42.8 Å². The Morgan fingerprint density at radius 1 is 1.33 bits per heavy atom. The van der Waals surface area contributed by atoms with Gasteiger partial charge in [-0.25, -0.2) is 0 Å². The molecule has 1 aromatic rings. The largest absolute Gasteiger partial charge is 0.481 e. The van der Waals surface area contributed by atoms with Crippen LogP contribution in [0.5, 0.6) is 5.75 Å².